The van der Waals surface area contributed by atoms with Crippen molar-refractivity contribution >= 4 is 17.8 Å². The molecule has 0 aromatic carbocycles. The number of piperazine rings is 1. The van der Waals surface area contributed by atoms with Crippen LogP contribution in [0.5, 0.6) is 0 Å². The third-order valence-electron chi connectivity index (χ3n) is 6.61. The maximum Gasteiger partial charge on any atom is 0.309 e. The minimum absolute atomic E-state index is 0.0701. The Morgan fingerprint density at radius 3 is 1.63 bits per heavy atom. The second-order valence-corrected chi connectivity index (χ2v) is 8.75. The number of rotatable bonds is 6. The lowest BCUT2D eigenvalue weighted by Gasteiger charge is -2.37. The van der Waals surface area contributed by atoms with E-state index in [1.165, 1.54) is 12.8 Å². The molecule has 0 aliphatic carbocycles. The third-order valence-corrected chi connectivity index (χ3v) is 6.61. The molecule has 0 spiro atoms. The highest BCUT2D eigenvalue weighted by molar-refractivity contribution is 5.79. The first kappa shape index (κ1) is 23.0. The Labute approximate surface area is 180 Å². The Balaban J connectivity index is 1.34. The van der Waals surface area contributed by atoms with Crippen molar-refractivity contribution in [2.24, 2.45) is 5.92 Å². The number of carbonyl (C=O) groups excluding carboxylic acids is 3. The first-order valence-electron chi connectivity index (χ1n) is 11.7. The summed E-state index contributed by atoms with van der Waals surface area (Å²) in [5.41, 5.74) is 0. The molecule has 170 valence electrons. The molecular weight excluding hydrogens is 384 g/mol. The van der Waals surface area contributed by atoms with Crippen LogP contribution in [-0.4, -0.2) is 109 Å². The van der Waals surface area contributed by atoms with Gasteiger partial charge in [0.05, 0.1) is 25.6 Å². The summed E-state index contributed by atoms with van der Waals surface area (Å²) in [6, 6.07) is 0. The number of piperidine rings is 1. The maximum atomic E-state index is 12.7. The van der Waals surface area contributed by atoms with Crippen LogP contribution >= 0.6 is 0 Å². The summed E-state index contributed by atoms with van der Waals surface area (Å²) in [5.74, 6) is 0.201. The topological polar surface area (TPSA) is 73.4 Å². The second-order valence-electron chi connectivity index (χ2n) is 8.75. The average molecular weight is 423 g/mol. The zero-order valence-corrected chi connectivity index (χ0v) is 18.5. The molecule has 0 aromatic rings. The van der Waals surface area contributed by atoms with Crippen molar-refractivity contribution in [2.75, 3.05) is 72.1 Å². The maximum absolute atomic E-state index is 12.7. The number of ether oxygens (including phenoxy) is 1. The van der Waals surface area contributed by atoms with E-state index in [1.807, 2.05) is 16.7 Å². The average Bonchev–Trinajstić information content (AvgIpc) is 3.05. The summed E-state index contributed by atoms with van der Waals surface area (Å²) < 4.78 is 5.10. The Morgan fingerprint density at radius 2 is 1.17 bits per heavy atom. The summed E-state index contributed by atoms with van der Waals surface area (Å²) in [7, 11) is 0. The number of hydrogen-bond acceptors (Lipinski definition) is 6. The van der Waals surface area contributed by atoms with Gasteiger partial charge in [0.2, 0.25) is 11.8 Å². The van der Waals surface area contributed by atoms with Crippen LogP contribution in [0.15, 0.2) is 0 Å². The molecule has 0 radical (unpaired) electrons. The molecular formula is C22H38N4O4. The van der Waals surface area contributed by atoms with Crippen LogP contribution in [-0.2, 0) is 19.1 Å². The number of nitrogens with zero attached hydrogens (tertiary/aromatic N) is 4. The van der Waals surface area contributed by atoms with E-state index in [0.717, 1.165) is 52.1 Å². The van der Waals surface area contributed by atoms with E-state index in [2.05, 4.69) is 9.80 Å². The van der Waals surface area contributed by atoms with Gasteiger partial charge in [0.25, 0.3) is 0 Å². The molecule has 3 aliphatic heterocycles. The van der Waals surface area contributed by atoms with Crippen LogP contribution in [0, 0.1) is 5.92 Å². The predicted octanol–water partition coefficient (Wildman–Crippen LogP) is 0.808. The summed E-state index contributed by atoms with van der Waals surface area (Å²) >= 11 is 0. The van der Waals surface area contributed by atoms with Crippen molar-refractivity contribution in [3.63, 3.8) is 0 Å². The van der Waals surface area contributed by atoms with Crippen molar-refractivity contribution < 1.29 is 19.1 Å². The van der Waals surface area contributed by atoms with Crippen LogP contribution < -0.4 is 0 Å². The number of esters is 1. The van der Waals surface area contributed by atoms with E-state index in [1.54, 1.807) is 0 Å². The highest BCUT2D eigenvalue weighted by atomic mass is 16.5. The molecule has 3 heterocycles. The molecule has 2 amide bonds. The number of hydrogen-bond donors (Lipinski definition) is 0. The fraction of sp³-hybridized carbons (Fsp3) is 0.864. The summed E-state index contributed by atoms with van der Waals surface area (Å²) in [5, 5.41) is 0. The largest absolute Gasteiger partial charge is 0.466 e. The summed E-state index contributed by atoms with van der Waals surface area (Å²) in [6.45, 7) is 9.53. The van der Waals surface area contributed by atoms with Crippen molar-refractivity contribution in [1.82, 2.24) is 19.6 Å². The monoisotopic (exact) mass is 422 g/mol. The van der Waals surface area contributed by atoms with Gasteiger partial charge < -0.3 is 14.5 Å². The lowest BCUT2D eigenvalue weighted by molar-refractivity contribution is -0.151. The lowest BCUT2D eigenvalue weighted by Crippen LogP contribution is -2.53. The predicted molar refractivity (Wildman–Crippen MR) is 114 cm³/mol. The fourth-order valence-corrected chi connectivity index (χ4v) is 4.63. The number of carbonyl (C=O) groups is 3. The first-order chi connectivity index (χ1) is 14.6. The minimum atomic E-state index is -0.129. The summed E-state index contributed by atoms with van der Waals surface area (Å²) in [6.07, 6.45) is 6.10. The zero-order chi connectivity index (χ0) is 21.3. The normalized spacial score (nSPS) is 22.6. The van der Waals surface area contributed by atoms with Gasteiger partial charge >= 0.3 is 5.97 Å². The highest BCUT2D eigenvalue weighted by Crippen LogP contribution is 2.19. The first-order valence-corrected chi connectivity index (χ1v) is 11.7. The number of likely N-dealkylation sites (tertiary alicyclic amines) is 2. The van der Waals surface area contributed by atoms with Crippen molar-refractivity contribution in [2.45, 2.75) is 45.4 Å². The quantitative estimate of drug-likeness (QED) is 0.590. The fourth-order valence-electron chi connectivity index (χ4n) is 4.63. The molecule has 0 N–H and O–H groups in total. The Kier molecular flexibility index (Phi) is 8.93. The Bertz CT molecular complexity index is 576. The van der Waals surface area contributed by atoms with Gasteiger partial charge in [-0.3, -0.25) is 24.2 Å². The van der Waals surface area contributed by atoms with Gasteiger partial charge in [-0.25, -0.2) is 0 Å². The molecule has 3 fully saturated rings. The van der Waals surface area contributed by atoms with Gasteiger partial charge in [0.15, 0.2) is 0 Å². The van der Waals surface area contributed by atoms with Crippen LogP contribution in [0.25, 0.3) is 0 Å². The van der Waals surface area contributed by atoms with E-state index in [-0.39, 0.29) is 23.7 Å². The third kappa shape index (κ3) is 6.67. The Hall–Kier alpha value is -1.67. The van der Waals surface area contributed by atoms with Crippen molar-refractivity contribution in [1.29, 1.82) is 0 Å². The molecule has 0 atom stereocenters. The molecule has 0 saturated carbocycles. The van der Waals surface area contributed by atoms with Crippen LogP contribution in [0.3, 0.4) is 0 Å². The zero-order valence-electron chi connectivity index (χ0n) is 18.5. The smallest absolute Gasteiger partial charge is 0.309 e. The van der Waals surface area contributed by atoms with Gasteiger partial charge in [0, 0.05) is 52.4 Å². The van der Waals surface area contributed by atoms with Crippen LogP contribution in [0.2, 0.25) is 0 Å². The molecule has 0 aromatic heterocycles. The van der Waals surface area contributed by atoms with Crippen molar-refractivity contribution in [3.05, 3.63) is 0 Å². The molecule has 0 bridgehead atoms. The highest BCUT2D eigenvalue weighted by Gasteiger charge is 2.29. The van der Waals surface area contributed by atoms with E-state index in [0.29, 0.717) is 45.6 Å². The SMILES string of the molecule is CCOC(=O)C1CCN(C(=O)CN2CCN(CC(=O)N3CCCCCC3)CC2)CC1. The van der Waals surface area contributed by atoms with Gasteiger partial charge in [0.1, 0.15) is 0 Å². The molecule has 3 saturated heterocycles. The molecule has 0 unspecified atom stereocenters. The molecule has 3 rings (SSSR count). The van der Waals surface area contributed by atoms with E-state index in [9.17, 15) is 14.4 Å². The lowest BCUT2D eigenvalue weighted by atomic mass is 9.97. The minimum Gasteiger partial charge on any atom is -0.466 e. The van der Waals surface area contributed by atoms with Crippen LogP contribution in [0.4, 0.5) is 0 Å². The van der Waals surface area contributed by atoms with Gasteiger partial charge in [-0.05, 0) is 32.6 Å². The Morgan fingerprint density at radius 1 is 0.700 bits per heavy atom. The number of amides is 2. The van der Waals surface area contributed by atoms with E-state index < -0.39 is 0 Å². The molecule has 8 nitrogen and oxygen atoms in total. The van der Waals surface area contributed by atoms with Gasteiger partial charge in [-0.2, -0.15) is 0 Å². The summed E-state index contributed by atoms with van der Waals surface area (Å²) in [4.78, 5) is 45.4. The molecule has 30 heavy (non-hydrogen) atoms. The molecule has 3 aliphatic rings. The second kappa shape index (κ2) is 11.6. The van der Waals surface area contributed by atoms with Gasteiger partial charge in [-0.1, -0.05) is 12.8 Å². The van der Waals surface area contributed by atoms with Crippen molar-refractivity contribution in [3.8, 4) is 0 Å². The van der Waals surface area contributed by atoms with E-state index >= 15 is 0 Å². The van der Waals surface area contributed by atoms with Gasteiger partial charge in [-0.15, -0.1) is 0 Å². The van der Waals surface area contributed by atoms with Crippen LogP contribution in [0.1, 0.15) is 45.4 Å². The van der Waals surface area contributed by atoms with E-state index in [4.69, 9.17) is 4.74 Å². The standard InChI is InChI=1S/C22H38N4O4/c1-2-30-22(29)19-7-11-26(12-8-19)21(28)18-24-15-13-23(14-16-24)17-20(27)25-9-5-3-4-6-10-25/h19H,2-18H2,1H3. The molecule has 8 heteroatoms.